The molecule has 0 unspecified atom stereocenters. The van der Waals surface area contributed by atoms with Gasteiger partial charge in [0, 0.05) is 28.0 Å². The van der Waals surface area contributed by atoms with Crippen LogP contribution in [0.5, 0.6) is 5.75 Å². The lowest BCUT2D eigenvalue weighted by molar-refractivity contribution is -0.221. The second kappa shape index (κ2) is 9.88. The molecule has 1 aromatic rings. The SMILES string of the molecule is COc1c(C(=O)O[C@]2(C(=O)SCF)[C@H](C)C[C@H]3[C@@H]4C[C@H](F)C5=CC(=O)C=C[C@]5(C)[C@@]4(F)[C@@H](O)C[C@@]32C)csc1Cl. The number of halogens is 4. The highest BCUT2D eigenvalue weighted by Gasteiger charge is 2.78. The number of hydrogen-bond acceptors (Lipinski definition) is 8. The molecule has 0 bridgehead atoms. The number of carbonyl (C=O) groups excluding carboxylic acids is 3. The molecule has 0 amide bonds. The number of fused-ring (bicyclic) bond motifs is 5. The Morgan fingerprint density at radius 2 is 1.98 bits per heavy atom. The van der Waals surface area contributed by atoms with Gasteiger partial charge in [-0.2, -0.15) is 0 Å². The van der Waals surface area contributed by atoms with Crippen molar-refractivity contribution in [2.24, 2.45) is 28.6 Å². The van der Waals surface area contributed by atoms with Crippen molar-refractivity contribution < 1.29 is 42.1 Å². The van der Waals surface area contributed by atoms with Crippen LogP contribution < -0.4 is 4.74 Å². The van der Waals surface area contributed by atoms with E-state index in [2.05, 4.69) is 0 Å². The van der Waals surface area contributed by atoms with Crippen LogP contribution in [0.3, 0.4) is 0 Å². The molecule has 1 aromatic heterocycles. The van der Waals surface area contributed by atoms with E-state index < -0.39 is 75.0 Å². The van der Waals surface area contributed by atoms with Crippen LogP contribution in [0.4, 0.5) is 13.2 Å². The molecule has 12 heteroatoms. The number of esters is 1. The highest BCUT2D eigenvalue weighted by molar-refractivity contribution is 8.13. The quantitative estimate of drug-likeness (QED) is 0.402. The van der Waals surface area contributed by atoms with Crippen molar-refractivity contribution in [3.63, 3.8) is 0 Å². The summed E-state index contributed by atoms with van der Waals surface area (Å²) in [5, 5.41) is 12.2. The molecule has 5 rings (SSSR count). The Morgan fingerprint density at radius 3 is 2.62 bits per heavy atom. The largest absolute Gasteiger partial charge is 0.493 e. The number of rotatable bonds is 5. The predicted molar refractivity (Wildman–Crippen MR) is 146 cm³/mol. The first-order chi connectivity index (χ1) is 18.7. The number of thioether (sulfide) groups is 1. The summed E-state index contributed by atoms with van der Waals surface area (Å²) in [7, 11) is 1.32. The Morgan fingerprint density at radius 1 is 1.27 bits per heavy atom. The molecule has 40 heavy (non-hydrogen) atoms. The number of hydrogen-bond donors (Lipinski definition) is 1. The molecule has 0 aromatic carbocycles. The van der Waals surface area contributed by atoms with E-state index in [0.29, 0.717) is 11.8 Å². The van der Waals surface area contributed by atoms with E-state index in [1.165, 1.54) is 31.6 Å². The van der Waals surface area contributed by atoms with Crippen LogP contribution in [0.25, 0.3) is 0 Å². The van der Waals surface area contributed by atoms with Crippen molar-refractivity contribution in [3.8, 4) is 5.75 Å². The Labute approximate surface area is 243 Å². The molecule has 0 aliphatic heterocycles. The molecule has 0 saturated heterocycles. The van der Waals surface area contributed by atoms with Gasteiger partial charge in [0.05, 0.1) is 13.2 Å². The van der Waals surface area contributed by atoms with E-state index in [0.717, 1.165) is 17.4 Å². The fraction of sp³-hybridized carbons (Fsp3) is 0.607. The molecule has 1 heterocycles. The summed E-state index contributed by atoms with van der Waals surface area (Å²) < 4.78 is 58.4. The van der Waals surface area contributed by atoms with Gasteiger partial charge in [0.25, 0.3) is 0 Å². The van der Waals surface area contributed by atoms with E-state index in [1.807, 2.05) is 0 Å². The van der Waals surface area contributed by atoms with Gasteiger partial charge < -0.3 is 14.6 Å². The predicted octanol–water partition coefficient (Wildman–Crippen LogP) is 6.06. The lowest BCUT2D eigenvalue weighted by atomic mass is 9.44. The molecule has 4 aliphatic rings. The van der Waals surface area contributed by atoms with Gasteiger partial charge in [0.1, 0.15) is 22.1 Å². The average Bonchev–Trinajstić information content (AvgIpc) is 3.37. The van der Waals surface area contributed by atoms with E-state index in [-0.39, 0.29) is 40.5 Å². The second-order valence-electron chi connectivity index (χ2n) is 11.6. The number of aliphatic hydroxyl groups excluding tert-OH is 1. The third-order valence-corrected chi connectivity index (χ3v) is 11.9. The van der Waals surface area contributed by atoms with Crippen LogP contribution in [0.1, 0.15) is 50.4 Å². The number of ketones is 1. The molecule has 9 atom stereocenters. The highest BCUT2D eigenvalue weighted by atomic mass is 35.5. The number of aliphatic hydroxyl groups is 1. The smallest absolute Gasteiger partial charge is 0.343 e. The van der Waals surface area contributed by atoms with E-state index in [4.69, 9.17) is 21.1 Å². The summed E-state index contributed by atoms with van der Waals surface area (Å²) in [5.41, 5.74) is -7.35. The van der Waals surface area contributed by atoms with Gasteiger partial charge in [0.2, 0.25) is 5.12 Å². The summed E-state index contributed by atoms with van der Waals surface area (Å²) in [4.78, 5) is 39.4. The van der Waals surface area contributed by atoms with Crippen molar-refractivity contribution in [2.75, 3.05) is 13.1 Å². The van der Waals surface area contributed by atoms with E-state index >= 15 is 8.78 Å². The Kier molecular flexibility index (Phi) is 7.33. The zero-order chi connectivity index (χ0) is 29.4. The number of carbonyl (C=O) groups is 3. The molecular formula is C28H30ClF3O6S2. The molecule has 1 N–H and O–H groups in total. The number of methoxy groups -OCH3 is 1. The van der Waals surface area contributed by atoms with Gasteiger partial charge in [0.15, 0.2) is 22.8 Å². The van der Waals surface area contributed by atoms with Crippen molar-refractivity contribution in [1.29, 1.82) is 0 Å². The normalized spacial score (nSPS) is 42.0. The highest BCUT2D eigenvalue weighted by Crippen LogP contribution is 2.72. The number of alkyl halides is 3. The first-order valence-corrected chi connectivity index (χ1v) is 15.2. The monoisotopic (exact) mass is 618 g/mol. The zero-order valence-corrected chi connectivity index (χ0v) is 24.7. The van der Waals surface area contributed by atoms with Gasteiger partial charge in [-0.05, 0) is 61.6 Å². The van der Waals surface area contributed by atoms with Gasteiger partial charge in [-0.3, -0.25) is 9.59 Å². The van der Waals surface area contributed by atoms with Crippen LogP contribution >= 0.6 is 34.7 Å². The van der Waals surface area contributed by atoms with E-state index in [9.17, 15) is 23.9 Å². The molecule has 3 fully saturated rings. The first kappa shape index (κ1) is 29.7. The van der Waals surface area contributed by atoms with Crippen LogP contribution in [0.2, 0.25) is 4.34 Å². The van der Waals surface area contributed by atoms with Crippen molar-refractivity contribution in [3.05, 3.63) is 39.1 Å². The van der Waals surface area contributed by atoms with Gasteiger partial charge in [-0.1, -0.05) is 31.5 Å². The summed E-state index contributed by atoms with van der Waals surface area (Å²) in [5.74, 6) is -3.85. The third kappa shape index (κ3) is 3.69. The Bertz CT molecular complexity index is 1330. The number of ether oxygens (including phenoxy) is 2. The topological polar surface area (TPSA) is 89.9 Å². The minimum Gasteiger partial charge on any atom is -0.493 e. The van der Waals surface area contributed by atoms with Gasteiger partial charge in [-0.15, -0.1) is 11.3 Å². The van der Waals surface area contributed by atoms with Crippen molar-refractivity contribution >= 4 is 51.6 Å². The van der Waals surface area contributed by atoms with Crippen LogP contribution in [-0.2, 0) is 14.3 Å². The minimum atomic E-state index is -2.37. The lowest BCUT2D eigenvalue weighted by Crippen LogP contribution is -2.70. The Balaban J connectivity index is 1.63. The average molecular weight is 619 g/mol. The van der Waals surface area contributed by atoms with Crippen LogP contribution in [0.15, 0.2) is 29.2 Å². The third-order valence-electron chi connectivity index (χ3n) is 10.0. The molecule has 218 valence electrons. The summed E-state index contributed by atoms with van der Waals surface area (Å²) >= 11 is 7.52. The molecule has 3 saturated carbocycles. The molecular weight excluding hydrogens is 589 g/mol. The first-order valence-electron chi connectivity index (χ1n) is 13.0. The van der Waals surface area contributed by atoms with Crippen LogP contribution in [0, 0.1) is 28.6 Å². The second-order valence-corrected chi connectivity index (χ2v) is 14.0. The lowest BCUT2D eigenvalue weighted by Gasteiger charge is -2.63. The van der Waals surface area contributed by atoms with Crippen molar-refractivity contribution in [1.82, 2.24) is 0 Å². The maximum absolute atomic E-state index is 17.5. The summed E-state index contributed by atoms with van der Waals surface area (Å²) in [6, 6.07) is -1.09. The molecule has 6 nitrogen and oxygen atoms in total. The fourth-order valence-electron chi connectivity index (χ4n) is 8.23. The number of allylic oxidation sites excluding steroid dienone is 4. The van der Waals surface area contributed by atoms with Gasteiger partial charge >= 0.3 is 5.97 Å². The fourth-order valence-corrected chi connectivity index (χ4v) is 10.1. The number of thiophene rings is 1. The van der Waals surface area contributed by atoms with E-state index in [1.54, 1.807) is 13.8 Å². The summed E-state index contributed by atoms with van der Waals surface area (Å²) in [6.45, 7) is 4.78. The minimum absolute atomic E-state index is 0.0179. The van der Waals surface area contributed by atoms with Crippen LogP contribution in [-0.4, -0.2) is 58.6 Å². The maximum Gasteiger partial charge on any atom is 0.343 e. The molecule has 0 spiro atoms. The zero-order valence-electron chi connectivity index (χ0n) is 22.3. The summed E-state index contributed by atoms with van der Waals surface area (Å²) in [6.07, 6.45) is -0.236. The molecule has 4 aliphatic carbocycles. The van der Waals surface area contributed by atoms with Gasteiger partial charge in [-0.25, -0.2) is 18.0 Å². The standard InChI is InChI=1S/C28H30ClF3O6S2/c1-13-7-16-17-9-19(31)18-8-14(33)5-6-25(18,2)27(17,32)20(34)10-26(16,3)28(13,24(36)40-12-30)38-23(35)15-11-39-22(29)21(15)37-4/h5-6,8,11,13,16-17,19-20,34H,7,9-10,12H2,1-4H3/t13-,16+,17+,19+,20+,25+,26+,27+,28+/m1/s1. The Hall–Kier alpha value is -1.82. The van der Waals surface area contributed by atoms with Crippen molar-refractivity contribution in [2.45, 2.75) is 63.6 Å². The molecule has 0 radical (unpaired) electrons. The maximum atomic E-state index is 17.5.